The van der Waals surface area contributed by atoms with E-state index in [1.165, 1.54) is 16.9 Å². The molecule has 0 bridgehead atoms. The Bertz CT molecular complexity index is 1030. The topological polar surface area (TPSA) is 59.5 Å². The number of pyridine rings is 1. The lowest BCUT2D eigenvalue weighted by Gasteiger charge is -2.31. The summed E-state index contributed by atoms with van der Waals surface area (Å²) in [5, 5.41) is 2.07. The van der Waals surface area contributed by atoms with E-state index >= 15 is 0 Å². The van der Waals surface area contributed by atoms with Gasteiger partial charge in [0.2, 0.25) is 0 Å². The fourth-order valence-electron chi connectivity index (χ4n) is 3.63. The molecule has 0 spiro atoms. The molecule has 2 aromatic heterocycles. The fourth-order valence-corrected chi connectivity index (χ4v) is 4.62. The molecule has 0 unspecified atom stereocenters. The Balaban J connectivity index is 1.60. The maximum absolute atomic E-state index is 13.0. The predicted octanol–water partition coefficient (Wildman–Crippen LogP) is 4.17. The van der Waals surface area contributed by atoms with Crippen molar-refractivity contribution in [3.8, 4) is 0 Å². The molecule has 27 heavy (non-hydrogen) atoms. The zero-order valence-corrected chi connectivity index (χ0v) is 16.3. The Labute approximate surface area is 161 Å². The first-order chi connectivity index (χ1) is 13.0. The number of amides is 1. The number of thiophene rings is 1. The molecule has 1 aliphatic rings. The van der Waals surface area contributed by atoms with Crippen LogP contribution in [0.4, 0.5) is 0 Å². The molecule has 0 aliphatic carbocycles. The van der Waals surface area contributed by atoms with Crippen molar-refractivity contribution in [1.29, 1.82) is 0 Å². The van der Waals surface area contributed by atoms with Crippen LogP contribution in [0.2, 0.25) is 0 Å². The largest absolute Gasteiger partial charge is 0.466 e. The third-order valence-electron chi connectivity index (χ3n) is 5.00. The maximum Gasteiger partial charge on any atom is 0.310 e. The number of esters is 1. The lowest BCUT2D eigenvalue weighted by atomic mass is 9.98. The first-order valence-corrected chi connectivity index (χ1v) is 10.1. The normalized spacial score (nSPS) is 17.4. The molecule has 3 aromatic rings. The van der Waals surface area contributed by atoms with E-state index in [1.807, 2.05) is 18.2 Å². The minimum atomic E-state index is -0.222. The van der Waals surface area contributed by atoms with Crippen LogP contribution in [0.1, 0.15) is 35.0 Å². The van der Waals surface area contributed by atoms with Gasteiger partial charge >= 0.3 is 5.97 Å². The number of aromatic nitrogens is 1. The van der Waals surface area contributed by atoms with Crippen LogP contribution in [0.25, 0.3) is 21.1 Å². The van der Waals surface area contributed by atoms with E-state index in [9.17, 15) is 9.59 Å². The van der Waals surface area contributed by atoms with Gasteiger partial charge < -0.3 is 9.64 Å². The van der Waals surface area contributed by atoms with Crippen LogP contribution in [-0.2, 0) is 9.53 Å². The monoisotopic (exact) mass is 382 g/mol. The quantitative estimate of drug-likeness (QED) is 0.638. The summed E-state index contributed by atoms with van der Waals surface area (Å²) in [5.74, 6) is -0.442. The highest BCUT2D eigenvalue weighted by Gasteiger charge is 2.30. The lowest BCUT2D eigenvalue weighted by Crippen LogP contribution is -2.42. The van der Waals surface area contributed by atoms with Crippen molar-refractivity contribution in [2.45, 2.75) is 26.7 Å². The third kappa shape index (κ3) is 3.54. The van der Waals surface area contributed by atoms with Crippen LogP contribution in [0.15, 0.2) is 30.3 Å². The second-order valence-corrected chi connectivity index (χ2v) is 8.06. The Kier molecular flexibility index (Phi) is 4.83. The van der Waals surface area contributed by atoms with E-state index in [1.54, 1.807) is 11.8 Å². The van der Waals surface area contributed by atoms with Crippen LogP contribution in [-0.4, -0.2) is 41.5 Å². The van der Waals surface area contributed by atoms with E-state index in [0.717, 1.165) is 34.0 Å². The summed E-state index contributed by atoms with van der Waals surface area (Å²) in [5.41, 5.74) is 2.13. The zero-order chi connectivity index (χ0) is 19.0. The smallest absolute Gasteiger partial charge is 0.310 e. The molecule has 1 atom stereocenters. The molecule has 1 aromatic carbocycles. The van der Waals surface area contributed by atoms with Gasteiger partial charge in [0.05, 0.1) is 22.9 Å². The predicted molar refractivity (Wildman–Crippen MR) is 107 cm³/mol. The summed E-state index contributed by atoms with van der Waals surface area (Å²) in [7, 11) is 0. The van der Waals surface area contributed by atoms with Crippen molar-refractivity contribution >= 4 is 44.3 Å². The third-order valence-corrected chi connectivity index (χ3v) is 6.03. The van der Waals surface area contributed by atoms with E-state index in [4.69, 9.17) is 9.72 Å². The standard InChI is InChI=1S/C21H22N2O3S/c1-3-26-21(25)14-5-4-8-23(12-14)20(24)18-11-16-10-15-9-13(2)6-7-17(15)22-19(16)27-18/h6-7,9-11,14H,3-5,8,12H2,1-2H3/t14-/m1/s1. The van der Waals surface area contributed by atoms with Crippen molar-refractivity contribution in [3.63, 3.8) is 0 Å². The minimum Gasteiger partial charge on any atom is -0.466 e. The van der Waals surface area contributed by atoms with Gasteiger partial charge in [0, 0.05) is 23.9 Å². The number of rotatable bonds is 3. The summed E-state index contributed by atoms with van der Waals surface area (Å²) >= 11 is 1.42. The summed E-state index contributed by atoms with van der Waals surface area (Å²) < 4.78 is 5.13. The van der Waals surface area contributed by atoms with Gasteiger partial charge in [-0.1, -0.05) is 11.6 Å². The molecule has 1 amide bonds. The number of hydrogen-bond acceptors (Lipinski definition) is 5. The van der Waals surface area contributed by atoms with E-state index in [2.05, 4.69) is 19.1 Å². The Hall–Kier alpha value is -2.47. The second kappa shape index (κ2) is 7.27. The van der Waals surface area contributed by atoms with Gasteiger partial charge in [-0.2, -0.15) is 0 Å². The molecule has 0 N–H and O–H groups in total. The maximum atomic E-state index is 13.0. The van der Waals surface area contributed by atoms with Gasteiger partial charge in [-0.15, -0.1) is 11.3 Å². The van der Waals surface area contributed by atoms with E-state index < -0.39 is 0 Å². The van der Waals surface area contributed by atoms with Crippen molar-refractivity contribution in [1.82, 2.24) is 9.88 Å². The van der Waals surface area contributed by atoms with Gasteiger partial charge in [0.15, 0.2) is 0 Å². The molecule has 1 saturated heterocycles. The van der Waals surface area contributed by atoms with Gasteiger partial charge in [-0.3, -0.25) is 9.59 Å². The molecule has 3 heterocycles. The van der Waals surface area contributed by atoms with Crippen molar-refractivity contribution in [3.05, 3.63) is 40.8 Å². The Morgan fingerprint density at radius 3 is 2.93 bits per heavy atom. The molecule has 5 nitrogen and oxygen atoms in total. The summed E-state index contributed by atoms with van der Waals surface area (Å²) in [6.45, 7) is 5.35. The number of nitrogens with zero attached hydrogens (tertiary/aromatic N) is 2. The van der Waals surface area contributed by atoms with Crippen LogP contribution < -0.4 is 0 Å². The zero-order valence-electron chi connectivity index (χ0n) is 15.5. The van der Waals surface area contributed by atoms with Crippen molar-refractivity contribution in [2.75, 3.05) is 19.7 Å². The Morgan fingerprint density at radius 2 is 2.11 bits per heavy atom. The number of piperidine rings is 1. The van der Waals surface area contributed by atoms with E-state index in [0.29, 0.717) is 24.6 Å². The lowest BCUT2D eigenvalue weighted by molar-refractivity contribution is -0.149. The van der Waals surface area contributed by atoms with Crippen LogP contribution in [0.3, 0.4) is 0 Å². The highest BCUT2D eigenvalue weighted by molar-refractivity contribution is 7.20. The number of hydrogen-bond donors (Lipinski definition) is 0. The summed E-state index contributed by atoms with van der Waals surface area (Å²) in [4.78, 5) is 33.1. The molecule has 6 heteroatoms. The second-order valence-electron chi connectivity index (χ2n) is 7.03. The number of aryl methyl sites for hydroxylation is 1. The summed E-state index contributed by atoms with van der Waals surface area (Å²) in [6, 6.07) is 10.2. The molecule has 140 valence electrons. The van der Waals surface area contributed by atoms with Crippen LogP contribution >= 0.6 is 11.3 Å². The first kappa shape index (κ1) is 17.9. The molecule has 0 radical (unpaired) electrons. The highest BCUT2D eigenvalue weighted by Crippen LogP contribution is 2.30. The SMILES string of the molecule is CCOC(=O)[C@@H]1CCCN(C(=O)c2cc3cc4cc(C)ccc4nc3s2)C1. The van der Waals surface area contributed by atoms with E-state index in [-0.39, 0.29) is 17.8 Å². The molecule has 0 saturated carbocycles. The average Bonchev–Trinajstić information content (AvgIpc) is 3.08. The number of carbonyl (C=O) groups excluding carboxylic acids is 2. The molecular formula is C21H22N2O3S. The van der Waals surface area contributed by atoms with Gasteiger partial charge in [-0.05, 0) is 51.0 Å². The first-order valence-electron chi connectivity index (χ1n) is 9.32. The van der Waals surface area contributed by atoms with Crippen LogP contribution in [0.5, 0.6) is 0 Å². The molecular weight excluding hydrogens is 360 g/mol. The summed E-state index contributed by atoms with van der Waals surface area (Å²) in [6.07, 6.45) is 1.60. The highest BCUT2D eigenvalue weighted by atomic mass is 32.1. The van der Waals surface area contributed by atoms with Gasteiger partial charge in [0.25, 0.3) is 5.91 Å². The molecule has 1 fully saturated rings. The Morgan fingerprint density at radius 1 is 1.26 bits per heavy atom. The van der Waals surface area contributed by atoms with Crippen LogP contribution in [0, 0.1) is 12.8 Å². The molecule has 4 rings (SSSR count). The number of carbonyl (C=O) groups is 2. The number of likely N-dealkylation sites (tertiary alicyclic amines) is 1. The average molecular weight is 382 g/mol. The molecule has 1 aliphatic heterocycles. The van der Waals surface area contributed by atoms with Gasteiger partial charge in [-0.25, -0.2) is 4.98 Å². The van der Waals surface area contributed by atoms with Crippen molar-refractivity contribution < 1.29 is 14.3 Å². The number of ether oxygens (including phenoxy) is 1. The van der Waals surface area contributed by atoms with Crippen molar-refractivity contribution in [2.24, 2.45) is 5.92 Å². The number of fused-ring (bicyclic) bond motifs is 2. The number of benzene rings is 1. The fraction of sp³-hybridized carbons (Fsp3) is 0.381. The minimum absolute atomic E-state index is 0.0211. The van der Waals surface area contributed by atoms with Gasteiger partial charge in [0.1, 0.15) is 4.83 Å².